The number of carbonyl (C=O) groups excluding carboxylic acids is 1. The number of hydrogen-bond donors (Lipinski definition) is 0. The van der Waals surface area contributed by atoms with E-state index in [9.17, 15) is 4.79 Å². The smallest absolute Gasteiger partial charge is 0.337 e. The lowest BCUT2D eigenvalue weighted by atomic mass is 10.1. The Morgan fingerprint density at radius 3 is 2.66 bits per heavy atom. The second-order valence-electron chi connectivity index (χ2n) is 10.7. The number of para-hydroxylation sites is 1. The van der Waals surface area contributed by atoms with Crippen LogP contribution in [0, 0.1) is 12.7 Å². The van der Waals surface area contributed by atoms with Gasteiger partial charge >= 0.3 is 5.97 Å². The Kier molecular flexibility index (Phi) is 7.27. The zero-order valence-electron chi connectivity index (χ0n) is 24.2. The second-order valence-corrected chi connectivity index (χ2v) is 10.7. The Morgan fingerprint density at radius 2 is 1.86 bits per heavy atom. The van der Waals surface area contributed by atoms with E-state index >= 15 is 4.39 Å². The van der Waals surface area contributed by atoms with E-state index in [0.29, 0.717) is 58.7 Å². The normalized spacial score (nSPS) is 14.6. The summed E-state index contributed by atoms with van der Waals surface area (Å²) in [4.78, 5) is 26.0. The van der Waals surface area contributed by atoms with Crippen molar-refractivity contribution in [1.29, 1.82) is 0 Å². The van der Waals surface area contributed by atoms with Crippen LogP contribution < -0.4 is 4.74 Å². The minimum Gasteiger partial charge on any atom is -0.473 e. The van der Waals surface area contributed by atoms with Gasteiger partial charge in [-0.05, 0) is 48.4 Å². The lowest BCUT2D eigenvalue weighted by molar-refractivity contribution is -0.0589. The first-order valence-corrected chi connectivity index (χ1v) is 14.4. The molecule has 0 unspecified atom stereocenters. The highest BCUT2D eigenvalue weighted by atomic mass is 19.1. The summed E-state index contributed by atoms with van der Waals surface area (Å²) in [6.45, 7) is 3.34. The average molecular weight is 593 g/mol. The van der Waals surface area contributed by atoms with Crippen molar-refractivity contribution >= 4 is 28.1 Å². The van der Waals surface area contributed by atoms with E-state index < -0.39 is 5.97 Å². The van der Waals surface area contributed by atoms with Crippen LogP contribution in [-0.2, 0) is 29.0 Å². The number of benzene rings is 3. The summed E-state index contributed by atoms with van der Waals surface area (Å²) in [6, 6.07) is 21.5. The van der Waals surface area contributed by atoms with Gasteiger partial charge in [-0.25, -0.2) is 24.1 Å². The van der Waals surface area contributed by atoms with E-state index in [4.69, 9.17) is 23.6 Å². The van der Waals surface area contributed by atoms with Crippen molar-refractivity contribution in [3.63, 3.8) is 0 Å². The third-order valence-electron chi connectivity index (χ3n) is 7.83. The zero-order chi connectivity index (χ0) is 30.2. The molecule has 0 saturated carbocycles. The number of imidazole rings is 1. The van der Waals surface area contributed by atoms with Gasteiger partial charge in [0.15, 0.2) is 11.5 Å². The van der Waals surface area contributed by atoms with Crippen molar-refractivity contribution in [2.75, 3.05) is 13.7 Å². The van der Waals surface area contributed by atoms with Gasteiger partial charge in [0.1, 0.15) is 23.8 Å². The number of fused-ring (bicyclic) bond motifs is 2. The van der Waals surface area contributed by atoms with Crippen LogP contribution in [-0.4, -0.2) is 45.3 Å². The molecule has 6 aromatic rings. The van der Waals surface area contributed by atoms with Gasteiger partial charge in [0.25, 0.3) is 0 Å². The number of hydrogen-bond acceptors (Lipinski definition) is 8. The van der Waals surface area contributed by atoms with Crippen molar-refractivity contribution in [3.05, 3.63) is 107 Å². The fourth-order valence-electron chi connectivity index (χ4n) is 5.45. The molecule has 1 aliphatic rings. The first kappa shape index (κ1) is 27.7. The molecule has 0 aliphatic carbocycles. The molecule has 0 radical (unpaired) electrons. The van der Waals surface area contributed by atoms with Gasteiger partial charge in [0.05, 0.1) is 42.0 Å². The monoisotopic (exact) mass is 592 g/mol. The summed E-state index contributed by atoms with van der Waals surface area (Å²) in [5.41, 5.74) is 5.98. The van der Waals surface area contributed by atoms with Crippen LogP contribution in [0.25, 0.3) is 33.4 Å². The van der Waals surface area contributed by atoms with Gasteiger partial charge in [-0.2, -0.15) is 0 Å². The molecule has 3 aromatic heterocycles. The van der Waals surface area contributed by atoms with E-state index in [1.807, 2.05) is 47.9 Å². The van der Waals surface area contributed by atoms with E-state index in [1.54, 1.807) is 30.3 Å². The van der Waals surface area contributed by atoms with Gasteiger partial charge < -0.3 is 23.2 Å². The van der Waals surface area contributed by atoms with Crippen LogP contribution in [0.2, 0.25) is 0 Å². The van der Waals surface area contributed by atoms with Gasteiger partial charge in [-0.1, -0.05) is 30.3 Å². The number of carbonyl (C=O) groups is 1. The van der Waals surface area contributed by atoms with Gasteiger partial charge in [0, 0.05) is 37.1 Å². The predicted octanol–water partition coefficient (Wildman–Crippen LogP) is 6.43. The molecule has 0 spiro atoms. The van der Waals surface area contributed by atoms with Crippen LogP contribution in [0.5, 0.6) is 5.88 Å². The number of rotatable bonds is 9. The molecule has 1 aliphatic heterocycles. The Hall–Kier alpha value is -5.09. The van der Waals surface area contributed by atoms with Crippen LogP contribution in [0.1, 0.15) is 39.6 Å². The maximum atomic E-state index is 15.6. The molecule has 10 heteroatoms. The molecule has 1 fully saturated rings. The fourth-order valence-corrected chi connectivity index (χ4v) is 5.45. The lowest BCUT2D eigenvalue weighted by Gasteiger charge is -2.27. The molecule has 44 heavy (non-hydrogen) atoms. The Bertz CT molecular complexity index is 2010. The number of pyridine rings is 1. The maximum Gasteiger partial charge on any atom is 0.337 e. The number of halogens is 1. The summed E-state index contributed by atoms with van der Waals surface area (Å²) >= 11 is 0. The third kappa shape index (κ3) is 5.40. The highest BCUT2D eigenvalue weighted by molar-refractivity contribution is 5.93. The SMILES string of the molecule is COC(=O)c1ccc2nc(Cc3ccc(-c4cccc(OCc5cccc6nc(C)oc56)n4)cc3F)n(C[C@@H]3CCO3)c2c1. The summed E-state index contributed by atoms with van der Waals surface area (Å²) < 4.78 is 39.9. The molecule has 3 aromatic carbocycles. The van der Waals surface area contributed by atoms with E-state index in [2.05, 4.69) is 9.97 Å². The molecular weight excluding hydrogens is 563 g/mol. The summed E-state index contributed by atoms with van der Waals surface area (Å²) in [5.74, 6) is 0.910. The second kappa shape index (κ2) is 11.5. The van der Waals surface area contributed by atoms with Crippen molar-refractivity contribution in [2.24, 2.45) is 0 Å². The van der Waals surface area contributed by atoms with E-state index in [1.165, 1.54) is 13.2 Å². The molecular formula is C34H29FN4O5. The molecule has 0 bridgehead atoms. The summed E-state index contributed by atoms with van der Waals surface area (Å²) in [6.07, 6.45) is 1.25. The van der Waals surface area contributed by atoms with Crippen LogP contribution in [0.15, 0.2) is 77.2 Å². The summed E-state index contributed by atoms with van der Waals surface area (Å²) in [5, 5.41) is 0. The van der Waals surface area contributed by atoms with Crippen molar-refractivity contribution < 1.29 is 27.8 Å². The van der Waals surface area contributed by atoms with Crippen LogP contribution in [0.4, 0.5) is 4.39 Å². The number of aromatic nitrogens is 4. The molecule has 0 N–H and O–H groups in total. The minimum absolute atomic E-state index is 0.0495. The molecule has 1 atom stereocenters. The maximum absolute atomic E-state index is 15.6. The largest absolute Gasteiger partial charge is 0.473 e. The molecule has 9 nitrogen and oxygen atoms in total. The minimum atomic E-state index is -0.423. The number of methoxy groups -OCH3 is 1. The molecule has 0 amide bonds. The highest BCUT2D eigenvalue weighted by Gasteiger charge is 2.23. The highest BCUT2D eigenvalue weighted by Crippen LogP contribution is 2.28. The van der Waals surface area contributed by atoms with Gasteiger partial charge in [-0.15, -0.1) is 0 Å². The van der Waals surface area contributed by atoms with Gasteiger partial charge in [-0.3, -0.25) is 0 Å². The fraction of sp³-hybridized carbons (Fsp3) is 0.235. The molecule has 4 heterocycles. The Balaban J connectivity index is 1.12. The Morgan fingerprint density at radius 1 is 1.00 bits per heavy atom. The van der Waals surface area contributed by atoms with Gasteiger partial charge in [0.2, 0.25) is 5.88 Å². The number of nitrogens with zero attached hydrogens (tertiary/aromatic N) is 4. The standard InChI is InChI=1S/C34H29FN4O5/c1-20-36-29-7-3-5-24(33(29)44-20)19-43-32-8-4-6-27(38-32)22-10-9-21(26(35)15-22)17-31-37-28-12-11-23(34(40)41-2)16-30(28)39(31)18-25-13-14-42-25/h3-12,15-16,25H,13-14,17-19H2,1-2H3/t25-/m0/s1. The Labute approximate surface area is 252 Å². The molecule has 7 rings (SSSR count). The average Bonchev–Trinajstić information content (AvgIpc) is 3.57. The molecule has 1 saturated heterocycles. The van der Waals surface area contributed by atoms with E-state index in [-0.39, 0.29) is 24.9 Å². The topological polar surface area (TPSA) is 102 Å². The van der Waals surface area contributed by atoms with Crippen molar-refractivity contribution in [3.8, 4) is 17.1 Å². The number of esters is 1. The van der Waals surface area contributed by atoms with Crippen LogP contribution in [0.3, 0.4) is 0 Å². The predicted molar refractivity (Wildman–Crippen MR) is 161 cm³/mol. The lowest BCUT2D eigenvalue weighted by Crippen LogP contribution is -2.31. The molecule has 222 valence electrons. The zero-order valence-corrected chi connectivity index (χ0v) is 24.2. The van der Waals surface area contributed by atoms with E-state index in [0.717, 1.165) is 28.5 Å². The number of ether oxygens (including phenoxy) is 3. The number of aryl methyl sites for hydroxylation is 1. The van der Waals surface area contributed by atoms with Crippen molar-refractivity contribution in [2.45, 2.75) is 39.0 Å². The van der Waals surface area contributed by atoms with Crippen molar-refractivity contribution in [1.82, 2.24) is 19.5 Å². The first-order chi connectivity index (χ1) is 21.4. The third-order valence-corrected chi connectivity index (χ3v) is 7.83. The quantitative estimate of drug-likeness (QED) is 0.177. The first-order valence-electron chi connectivity index (χ1n) is 14.4. The number of oxazole rings is 1. The summed E-state index contributed by atoms with van der Waals surface area (Å²) in [7, 11) is 1.35. The van der Waals surface area contributed by atoms with Crippen LogP contribution >= 0.6 is 0 Å².